The van der Waals surface area contributed by atoms with E-state index < -0.39 is 11.6 Å². The molecule has 0 N–H and O–H groups in total. The van der Waals surface area contributed by atoms with Crippen molar-refractivity contribution in [2.45, 2.75) is 70.1 Å². The minimum Gasteiger partial charge on any atom is -0.494 e. The van der Waals surface area contributed by atoms with Gasteiger partial charge in [0, 0.05) is 0 Å². The third kappa shape index (κ3) is 3.86. The molecule has 0 aliphatic heterocycles. The molecule has 0 heterocycles. The van der Waals surface area contributed by atoms with Crippen molar-refractivity contribution in [1.82, 2.24) is 0 Å². The van der Waals surface area contributed by atoms with Crippen LogP contribution < -0.4 is 4.74 Å². The molecule has 3 saturated carbocycles. The highest BCUT2D eigenvalue weighted by Gasteiger charge is 2.38. The van der Waals surface area contributed by atoms with Crippen LogP contribution in [0.1, 0.15) is 75.7 Å². The van der Waals surface area contributed by atoms with Gasteiger partial charge in [-0.05, 0) is 111 Å². The van der Waals surface area contributed by atoms with Crippen LogP contribution in [0.5, 0.6) is 5.75 Å². The lowest BCUT2D eigenvalue weighted by Crippen LogP contribution is -2.34. The molecule has 3 aliphatic rings. The van der Waals surface area contributed by atoms with Crippen LogP contribution >= 0.6 is 0 Å². The lowest BCUT2D eigenvalue weighted by Gasteiger charge is -2.45. The SMILES string of the molecule is C=CC1CCC2CC(C3CCC(c4ccc(OC)c(F)c4F)CC3)CCC2C1. The first-order valence-electron chi connectivity index (χ1n) is 11.2. The lowest BCUT2D eigenvalue weighted by molar-refractivity contribution is 0.0718. The molecule has 4 rings (SSSR count). The average Bonchev–Trinajstić information content (AvgIpc) is 2.75. The molecule has 4 unspecified atom stereocenters. The van der Waals surface area contributed by atoms with Gasteiger partial charge in [0.2, 0.25) is 5.82 Å². The molecular weight excluding hydrogens is 354 g/mol. The van der Waals surface area contributed by atoms with Gasteiger partial charge in [-0.25, -0.2) is 4.39 Å². The molecule has 0 spiro atoms. The van der Waals surface area contributed by atoms with Crippen molar-refractivity contribution in [2.24, 2.45) is 29.6 Å². The van der Waals surface area contributed by atoms with E-state index in [1.165, 1.54) is 45.6 Å². The highest BCUT2D eigenvalue weighted by Crippen LogP contribution is 2.50. The molecule has 28 heavy (non-hydrogen) atoms. The fraction of sp³-hybridized carbons (Fsp3) is 0.680. The number of hydrogen-bond donors (Lipinski definition) is 0. The molecule has 0 aromatic heterocycles. The summed E-state index contributed by atoms with van der Waals surface area (Å²) in [5.74, 6) is 2.81. The summed E-state index contributed by atoms with van der Waals surface area (Å²) in [5.41, 5.74) is 0.545. The van der Waals surface area contributed by atoms with E-state index in [1.807, 2.05) is 0 Å². The van der Waals surface area contributed by atoms with Crippen molar-refractivity contribution in [2.75, 3.05) is 7.11 Å². The zero-order valence-electron chi connectivity index (χ0n) is 17.1. The van der Waals surface area contributed by atoms with E-state index in [2.05, 4.69) is 12.7 Å². The first-order valence-corrected chi connectivity index (χ1v) is 11.2. The number of ether oxygens (including phenoxy) is 1. The van der Waals surface area contributed by atoms with E-state index in [1.54, 1.807) is 12.1 Å². The molecule has 3 heteroatoms. The number of rotatable bonds is 4. The van der Waals surface area contributed by atoms with Gasteiger partial charge in [-0.2, -0.15) is 4.39 Å². The fourth-order valence-electron chi connectivity index (χ4n) is 6.53. The number of hydrogen-bond acceptors (Lipinski definition) is 1. The van der Waals surface area contributed by atoms with Crippen LogP contribution in [0.15, 0.2) is 24.8 Å². The summed E-state index contributed by atoms with van der Waals surface area (Å²) in [6, 6.07) is 3.30. The van der Waals surface area contributed by atoms with Gasteiger partial charge in [0.25, 0.3) is 0 Å². The Morgan fingerprint density at radius 3 is 2.11 bits per heavy atom. The van der Waals surface area contributed by atoms with Crippen LogP contribution in [0.25, 0.3) is 0 Å². The third-order valence-electron chi connectivity index (χ3n) is 8.20. The van der Waals surface area contributed by atoms with Crippen LogP contribution in [-0.2, 0) is 0 Å². The van der Waals surface area contributed by atoms with E-state index in [0.717, 1.165) is 55.3 Å². The van der Waals surface area contributed by atoms with Crippen molar-refractivity contribution >= 4 is 0 Å². The topological polar surface area (TPSA) is 9.23 Å². The smallest absolute Gasteiger partial charge is 0.200 e. The van der Waals surface area contributed by atoms with Crippen LogP contribution in [0.4, 0.5) is 8.78 Å². The fourth-order valence-corrected chi connectivity index (χ4v) is 6.53. The Bertz CT molecular complexity index is 692. The largest absolute Gasteiger partial charge is 0.494 e. The Morgan fingerprint density at radius 1 is 0.821 bits per heavy atom. The summed E-state index contributed by atoms with van der Waals surface area (Å²) in [4.78, 5) is 0. The van der Waals surface area contributed by atoms with Crippen LogP contribution in [-0.4, -0.2) is 7.11 Å². The van der Waals surface area contributed by atoms with E-state index in [4.69, 9.17) is 4.74 Å². The zero-order valence-corrected chi connectivity index (χ0v) is 17.1. The molecule has 4 atom stereocenters. The monoisotopic (exact) mass is 388 g/mol. The van der Waals surface area contributed by atoms with E-state index >= 15 is 0 Å². The third-order valence-corrected chi connectivity index (χ3v) is 8.20. The quantitative estimate of drug-likeness (QED) is 0.493. The Hall–Kier alpha value is -1.38. The number of allylic oxidation sites excluding steroid dienone is 1. The number of benzene rings is 1. The standard InChI is InChI=1S/C25H34F2O/c1-3-16-4-5-21-15-20(11-10-19(21)14-16)17-6-8-18(9-7-17)22-12-13-23(28-2)25(27)24(22)26/h3,12-13,16-21H,1,4-11,14-15H2,2H3. The number of halogens is 2. The summed E-state index contributed by atoms with van der Waals surface area (Å²) in [5, 5.41) is 0. The van der Waals surface area contributed by atoms with E-state index in [9.17, 15) is 8.78 Å². The van der Waals surface area contributed by atoms with Gasteiger partial charge in [0.05, 0.1) is 7.11 Å². The van der Waals surface area contributed by atoms with Crippen LogP contribution in [0.2, 0.25) is 0 Å². The van der Waals surface area contributed by atoms with E-state index in [0.29, 0.717) is 5.56 Å². The van der Waals surface area contributed by atoms with Gasteiger partial charge >= 0.3 is 0 Å². The van der Waals surface area contributed by atoms with Gasteiger partial charge < -0.3 is 4.74 Å². The van der Waals surface area contributed by atoms with Gasteiger partial charge in [0.15, 0.2) is 11.6 Å². The minimum absolute atomic E-state index is 0.00197. The molecule has 0 bridgehead atoms. The molecule has 3 aliphatic carbocycles. The molecule has 0 saturated heterocycles. The summed E-state index contributed by atoms with van der Waals surface area (Å²) in [6.07, 6.45) is 14.7. The molecular formula is C25H34F2O. The maximum Gasteiger partial charge on any atom is 0.200 e. The maximum absolute atomic E-state index is 14.5. The Labute approximate surface area is 168 Å². The Kier molecular flexibility index (Phi) is 6.08. The second-order valence-electron chi connectivity index (χ2n) is 9.50. The summed E-state index contributed by atoms with van der Waals surface area (Å²) in [7, 11) is 1.38. The molecule has 1 nitrogen and oxygen atoms in total. The Balaban J connectivity index is 1.34. The van der Waals surface area contributed by atoms with Crippen LogP contribution in [0.3, 0.4) is 0 Å². The predicted octanol–water partition coefficient (Wildman–Crippen LogP) is 7.27. The van der Waals surface area contributed by atoms with Gasteiger partial charge in [-0.3, -0.25) is 0 Å². The first-order chi connectivity index (χ1) is 13.6. The average molecular weight is 389 g/mol. The lowest BCUT2D eigenvalue weighted by atomic mass is 9.61. The van der Waals surface area contributed by atoms with Crippen molar-refractivity contribution in [3.63, 3.8) is 0 Å². The van der Waals surface area contributed by atoms with Gasteiger partial charge in [-0.15, -0.1) is 6.58 Å². The second kappa shape index (κ2) is 8.55. The second-order valence-corrected chi connectivity index (χ2v) is 9.50. The first kappa shape index (κ1) is 19.9. The maximum atomic E-state index is 14.5. The van der Waals surface area contributed by atoms with Gasteiger partial charge in [-0.1, -0.05) is 12.1 Å². The zero-order chi connectivity index (χ0) is 19.7. The minimum atomic E-state index is -0.837. The highest BCUT2D eigenvalue weighted by molar-refractivity contribution is 5.33. The van der Waals surface area contributed by atoms with Crippen molar-refractivity contribution in [3.05, 3.63) is 42.0 Å². The highest BCUT2D eigenvalue weighted by atomic mass is 19.2. The van der Waals surface area contributed by atoms with Crippen LogP contribution in [0, 0.1) is 41.2 Å². The molecule has 0 amide bonds. The van der Waals surface area contributed by atoms with Crippen molar-refractivity contribution in [1.29, 1.82) is 0 Å². The van der Waals surface area contributed by atoms with Crippen molar-refractivity contribution < 1.29 is 13.5 Å². The molecule has 154 valence electrons. The molecule has 0 radical (unpaired) electrons. The summed E-state index contributed by atoms with van der Waals surface area (Å²) >= 11 is 0. The predicted molar refractivity (Wildman–Crippen MR) is 109 cm³/mol. The van der Waals surface area contributed by atoms with E-state index in [-0.39, 0.29) is 11.7 Å². The van der Waals surface area contributed by atoms with Gasteiger partial charge in [0.1, 0.15) is 0 Å². The summed E-state index contributed by atoms with van der Waals surface area (Å²) < 4.78 is 33.5. The molecule has 1 aromatic rings. The summed E-state index contributed by atoms with van der Waals surface area (Å²) in [6.45, 7) is 4.01. The number of methoxy groups -OCH3 is 1. The molecule has 3 fully saturated rings. The normalized spacial score (nSPS) is 35.8. The number of fused-ring (bicyclic) bond motifs is 1. The Morgan fingerprint density at radius 2 is 1.43 bits per heavy atom. The molecule has 1 aromatic carbocycles. The van der Waals surface area contributed by atoms with Crippen molar-refractivity contribution in [3.8, 4) is 5.75 Å².